The number of nitrogens with zero attached hydrogens (tertiary/aromatic N) is 2. The number of fused-ring (bicyclic) bond motifs is 1. The van der Waals surface area contributed by atoms with Gasteiger partial charge in [-0.25, -0.2) is 14.4 Å². The van der Waals surface area contributed by atoms with Crippen molar-refractivity contribution in [2.24, 2.45) is 0 Å². The minimum atomic E-state index is -0.364. The first kappa shape index (κ1) is 12.3. The second kappa shape index (κ2) is 4.76. The Morgan fingerprint density at radius 3 is 2.63 bits per heavy atom. The third-order valence-corrected chi connectivity index (χ3v) is 3.37. The first-order valence-electron chi connectivity index (χ1n) is 5.52. The molecule has 0 saturated heterocycles. The standard InChI is InChI=1S/C14H7Cl2FN2/c15-10-7-9-12(5-6-18-14(9)16)19-13(10)8-3-1-2-4-11(8)17/h1-7H. The molecule has 5 heteroatoms. The van der Waals surface area contributed by atoms with Gasteiger partial charge in [-0.1, -0.05) is 35.3 Å². The molecule has 1 aromatic carbocycles. The molecule has 0 fully saturated rings. The predicted molar refractivity (Wildman–Crippen MR) is 75.0 cm³/mol. The summed E-state index contributed by atoms with van der Waals surface area (Å²) in [5.41, 5.74) is 1.39. The first-order chi connectivity index (χ1) is 9.16. The Morgan fingerprint density at radius 1 is 1.05 bits per heavy atom. The lowest BCUT2D eigenvalue weighted by molar-refractivity contribution is 0.631. The highest BCUT2D eigenvalue weighted by atomic mass is 35.5. The Balaban J connectivity index is 2.31. The Bertz CT molecular complexity index is 774. The number of rotatable bonds is 1. The molecule has 3 aromatic rings. The summed E-state index contributed by atoms with van der Waals surface area (Å²) in [5, 5.41) is 1.31. The molecule has 0 bridgehead atoms. The number of benzene rings is 1. The molecule has 2 heterocycles. The van der Waals surface area contributed by atoms with Crippen molar-refractivity contribution in [3.8, 4) is 11.3 Å². The van der Waals surface area contributed by atoms with Crippen LogP contribution in [-0.2, 0) is 0 Å². The molecule has 0 radical (unpaired) electrons. The summed E-state index contributed by atoms with van der Waals surface area (Å²) in [6.07, 6.45) is 1.55. The van der Waals surface area contributed by atoms with E-state index in [1.54, 1.807) is 36.5 Å². The van der Waals surface area contributed by atoms with Crippen molar-refractivity contribution in [3.05, 3.63) is 58.6 Å². The Labute approximate surface area is 118 Å². The number of aromatic nitrogens is 2. The average Bonchev–Trinajstić information content (AvgIpc) is 2.40. The van der Waals surface area contributed by atoms with Gasteiger partial charge < -0.3 is 0 Å². The number of pyridine rings is 2. The molecule has 0 amide bonds. The molecule has 0 aliphatic rings. The zero-order chi connectivity index (χ0) is 13.4. The lowest BCUT2D eigenvalue weighted by Gasteiger charge is -2.07. The van der Waals surface area contributed by atoms with Crippen molar-refractivity contribution < 1.29 is 4.39 Å². The molecule has 0 N–H and O–H groups in total. The van der Waals surface area contributed by atoms with E-state index in [1.165, 1.54) is 6.07 Å². The Morgan fingerprint density at radius 2 is 1.84 bits per heavy atom. The third-order valence-electron chi connectivity index (χ3n) is 2.78. The maximum atomic E-state index is 13.8. The summed E-state index contributed by atoms with van der Waals surface area (Å²) < 4.78 is 13.8. The van der Waals surface area contributed by atoms with Crippen molar-refractivity contribution in [2.75, 3.05) is 0 Å². The van der Waals surface area contributed by atoms with Crippen molar-refractivity contribution >= 4 is 34.1 Å². The summed E-state index contributed by atoms with van der Waals surface area (Å²) >= 11 is 12.1. The molecular weight excluding hydrogens is 286 g/mol. The van der Waals surface area contributed by atoms with Gasteiger partial charge in [0.1, 0.15) is 11.0 Å². The van der Waals surface area contributed by atoms with Crippen molar-refractivity contribution in [2.45, 2.75) is 0 Å². The van der Waals surface area contributed by atoms with Crippen LogP contribution in [0.25, 0.3) is 22.2 Å². The lowest BCUT2D eigenvalue weighted by Crippen LogP contribution is -1.91. The fourth-order valence-corrected chi connectivity index (χ4v) is 2.34. The third kappa shape index (κ3) is 2.15. The fourth-order valence-electron chi connectivity index (χ4n) is 1.88. The van der Waals surface area contributed by atoms with E-state index in [2.05, 4.69) is 9.97 Å². The van der Waals surface area contributed by atoms with Gasteiger partial charge in [-0.2, -0.15) is 0 Å². The van der Waals surface area contributed by atoms with Crippen LogP contribution in [0.2, 0.25) is 10.2 Å². The molecular formula is C14H7Cl2FN2. The van der Waals surface area contributed by atoms with Crippen LogP contribution in [-0.4, -0.2) is 9.97 Å². The second-order valence-electron chi connectivity index (χ2n) is 3.97. The van der Waals surface area contributed by atoms with E-state index >= 15 is 0 Å². The molecule has 0 aliphatic heterocycles. The van der Waals surface area contributed by atoms with Crippen LogP contribution in [0.1, 0.15) is 0 Å². The largest absolute Gasteiger partial charge is 0.246 e. The van der Waals surface area contributed by atoms with Gasteiger partial charge in [0.05, 0.1) is 16.2 Å². The quantitative estimate of drug-likeness (QED) is 0.605. The molecule has 0 saturated carbocycles. The van der Waals surface area contributed by atoms with E-state index in [0.717, 1.165) is 0 Å². The molecule has 2 nitrogen and oxygen atoms in total. The van der Waals surface area contributed by atoms with Gasteiger partial charge in [0.25, 0.3) is 0 Å². The highest BCUT2D eigenvalue weighted by Gasteiger charge is 2.12. The van der Waals surface area contributed by atoms with Crippen LogP contribution < -0.4 is 0 Å². The molecule has 94 valence electrons. The molecule has 0 atom stereocenters. The Hall–Kier alpha value is -1.71. The van der Waals surface area contributed by atoms with Crippen molar-refractivity contribution in [3.63, 3.8) is 0 Å². The van der Waals surface area contributed by atoms with Crippen LogP contribution in [0.5, 0.6) is 0 Å². The second-order valence-corrected chi connectivity index (χ2v) is 4.73. The Kier molecular flexibility index (Phi) is 3.09. The van der Waals surface area contributed by atoms with E-state index < -0.39 is 0 Å². The average molecular weight is 293 g/mol. The van der Waals surface area contributed by atoms with Gasteiger partial charge in [-0.3, -0.25) is 0 Å². The predicted octanol–water partition coefficient (Wildman–Crippen LogP) is 4.74. The number of hydrogen-bond acceptors (Lipinski definition) is 2. The lowest BCUT2D eigenvalue weighted by atomic mass is 10.1. The van der Waals surface area contributed by atoms with Crippen molar-refractivity contribution in [1.29, 1.82) is 0 Å². The van der Waals surface area contributed by atoms with E-state index in [1.807, 2.05) is 0 Å². The summed E-state index contributed by atoms with van der Waals surface area (Å²) in [6.45, 7) is 0. The maximum absolute atomic E-state index is 13.8. The van der Waals surface area contributed by atoms with Crippen LogP contribution in [0.3, 0.4) is 0 Å². The molecule has 0 aliphatic carbocycles. The van der Waals surface area contributed by atoms with Gasteiger partial charge in [0.15, 0.2) is 0 Å². The summed E-state index contributed by atoms with van der Waals surface area (Å²) in [6, 6.07) is 9.73. The minimum Gasteiger partial charge on any atom is -0.246 e. The molecule has 0 spiro atoms. The first-order valence-corrected chi connectivity index (χ1v) is 6.28. The summed E-state index contributed by atoms with van der Waals surface area (Å²) in [7, 11) is 0. The van der Waals surface area contributed by atoms with Crippen LogP contribution >= 0.6 is 23.2 Å². The monoisotopic (exact) mass is 292 g/mol. The topological polar surface area (TPSA) is 25.8 Å². The zero-order valence-electron chi connectivity index (χ0n) is 9.57. The molecule has 2 aromatic heterocycles. The van der Waals surface area contributed by atoms with Gasteiger partial charge in [0, 0.05) is 17.1 Å². The molecule has 19 heavy (non-hydrogen) atoms. The van der Waals surface area contributed by atoms with Crippen LogP contribution in [0, 0.1) is 5.82 Å². The van der Waals surface area contributed by atoms with Crippen LogP contribution in [0.4, 0.5) is 4.39 Å². The molecule has 3 rings (SSSR count). The normalized spacial score (nSPS) is 10.9. The number of hydrogen-bond donors (Lipinski definition) is 0. The van der Waals surface area contributed by atoms with Gasteiger partial charge >= 0.3 is 0 Å². The minimum absolute atomic E-state index is 0.326. The van der Waals surface area contributed by atoms with Gasteiger partial charge in [0.2, 0.25) is 0 Å². The van der Waals surface area contributed by atoms with E-state index in [9.17, 15) is 4.39 Å². The fraction of sp³-hybridized carbons (Fsp3) is 0. The van der Waals surface area contributed by atoms with E-state index in [-0.39, 0.29) is 5.82 Å². The maximum Gasteiger partial charge on any atom is 0.138 e. The summed E-state index contributed by atoms with van der Waals surface area (Å²) in [4.78, 5) is 8.33. The van der Waals surface area contributed by atoms with Gasteiger partial charge in [-0.15, -0.1) is 0 Å². The van der Waals surface area contributed by atoms with E-state index in [0.29, 0.717) is 32.3 Å². The SMILES string of the molecule is Fc1ccccc1-c1nc2ccnc(Cl)c2cc1Cl. The van der Waals surface area contributed by atoms with Gasteiger partial charge in [-0.05, 0) is 24.3 Å². The summed E-state index contributed by atoms with van der Waals surface area (Å²) in [5.74, 6) is -0.364. The van der Waals surface area contributed by atoms with E-state index in [4.69, 9.17) is 23.2 Å². The number of halogens is 3. The smallest absolute Gasteiger partial charge is 0.138 e. The zero-order valence-corrected chi connectivity index (χ0v) is 11.1. The highest BCUT2D eigenvalue weighted by molar-refractivity contribution is 6.36. The van der Waals surface area contributed by atoms with Crippen molar-refractivity contribution in [1.82, 2.24) is 9.97 Å². The molecule has 0 unspecified atom stereocenters. The highest BCUT2D eigenvalue weighted by Crippen LogP contribution is 2.32. The van der Waals surface area contributed by atoms with Crippen LogP contribution in [0.15, 0.2) is 42.6 Å².